The van der Waals surface area contributed by atoms with Crippen molar-refractivity contribution in [2.75, 3.05) is 14.1 Å². The molecule has 22 heavy (non-hydrogen) atoms. The highest BCUT2D eigenvalue weighted by atomic mass is 28.3. The van der Waals surface area contributed by atoms with Crippen LogP contribution >= 0.6 is 0 Å². The van der Waals surface area contributed by atoms with E-state index in [-0.39, 0.29) is 0 Å². The van der Waals surface area contributed by atoms with Gasteiger partial charge in [0.25, 0.3) is 0 Å². The third-order valence-electron chi connectivity index (χ3n) is 5.71. The summed E-state index contributed by atoms with van der Waals surface area (Å²) in [6, 6.07) is 12.2. The number of allylic oxidation sites excluding steroid dienone is 4. The molecule has 118 valence electrons. The molecule has 1 aromatic carbocycles. The van der Waals surface area contributed by atoms with E-state index in [0.29, 0.717) is 0 Å². The Labute approximate surface area is 136 Å². The molecule has 1 aromatic rings. The van der Waals surface area contributed by atoms with Crippen LogP contribution in [0.5, 0.6) is 0 Å². The molecule has 0 saturated heterocycles. The molecule has 1 fully saturated rings. The molecule has 0 unspecified atom stereocenters. The maximum atomic E-state index is 2.54. The molecule has 0 N–H and O–H groups in total. The zero-order valence-electron chi connectivity index (χ0n) is 14.5. The van der Waals surface area contributed by atoms with Crippen molar-refractivity contribution in [3.05, 3.63) is 53.6 Å². The molecule has 0 spiro atoms. The lowest BCUT2D eigenvalue weighted by Gasteiger charge is -2.41. The van der Waals surface area contributed by atoms with Crippen molar-refractivity contribution in [1.29, 1.82) is 0 Å². The van der Waals surface area contributed by atoms with Gasteiger partial charge < -0.3 is 4.57 Å². The van der Waals surface area contributed by atoms with E-state index in [4.69, 9.17) is 0 Å². The molecule has 2 bridgehead atoms. The molecule has 0 heterocycles. The SMILES string of the molecule is CN(C)[Si](C)(C)C/C(=C\C1=CCC2CC1C2)c1ccccc1. The molecule has 0 aromatic heterocycles. The predicted octanol–water partition coefficient (Wildman–Crippen LogP) is 5.19. The monoisotopic (exact) mass is 311 g/mol. The van der Waals surface area contributed by atoms with Crippen LogP contribution < -0.4 is 0 Å². The van der Waals surface area contributed by atoms with Crippen molar-refractivity contribution >= 4 is 13.8 Å². The molecule has 0 amide bonds. The maximum Gasteiger partial charge on any atom is 0.126 e. The number of fused-ring (bicyclic) bond motifs is 1. The summed E-state index contributed by atoms with van der Waals surface area (Å²) < 4.78 is 2.47. The average molecular weight is 312 g/mol. The first-order chi connectivity index (χ1) is 10.5. The van der Waals surface area contributed by atoms with Crippen molar-refractivity contribution in [2.45, 2.75) is 38.4 Å². The van der Waals surface area contributed by atoms with Crippen molar-refractivity contribution in [3.63, 3.8) is 0 Å². The van der Waals surface area contributed by atoms with Crippen LogP contribution in [0.25, 0.3) is 5.57 Å². The molecule has 4 rings (SSSR count). The molecule has 1 nitrogen and oxygen atoms in total. The Hall–Kier alpha value is -1.12. The van der Waals surface area contributed by atoms with Crippen LogP contribution in [0.3, 0.4) is 0 Å². The smallest absolute Gasteiger partial charge is 0.126 e. The second kappa shape index (κ2) is 6.17. The van der Waals surface area contributed by atoms with E-state index < -0.39 is 8.24 Å². The number of nitrogens with zero attached hydrogens (tertiary/aromatic N) is 1. The molecule has 1 saturated carbocycles. The Morgan fingerprint density at radius 1 is 1.18 bits per heavy atom. The largest absolute Gasteiger partial charge is 0.329 e. The van der Waals surface area contributed by atoms with Gasteiger partial charge in [-0.25, -0.2) is 0 Å². The first-order valence-corrected chi connectivity index (χ1v) is 11.7. The lowest BCUT2D eigenvalue weighted by Crippen LogP contribution is -2.43. The maximum absolute atomic E-state index is 2.54. The highest BCUT2D eigenvalue weighted by Gasteiger charge is 2.34. The van der Waals surface area contributed by atoms with Crippen LogP contribution in [0, 0.1) is 11.8 Å². The van der Waals surface area contributed by atoms with Crippen molar-refractivity contribution in [2.24, 2.45) is 11.8 Å². The van der Waals surface area contributed by atoms with Crippen LogP contribution in [0.4, 0.5) is 0 Å². The molecule has 0 atom stereocenters. The van der Waals surface area contributed by atoms with Crippen molar-refractivity contribution in [3.8, 4) is 0 Å². The topological polar surface area (TPSA) is 3.24 Å². The Morgan fingerprint density at radius 2 is 1.86 bits per heavy atom. The first kappa shape index (κ1) is 15.8. The second-order valence-corrected chi connectivity index (χ2v) is 12.8. The Bertz CT molecular complexity index is 577. The minimum atomic E-state index is -1.38. The molecule has 0 radical (unpaired) electrons. The van der Waals surface area contributed by atoms with Gasteiger partial charge in [0.2, 0.25) is 0 Å². The average Bonchev–Trinajstić information content (AvgIpc) is 2.46. The standard InChI is InChI=1S/C20H29NSi/c1-21(2)22(3,4)15-20(17-8-6-5-7-9-17)14-18-11-10-16-12-19(18)13-16/h5-9,11,14,16,19H,10,12-13,15H2,1-4H3/b20-14+. The summed E-state index contributed by atoms with van der Waals surface area (Å²) in [5.74, 6) is 1.84. The zero-order valence-corrected chi connectivity index (χ0v) is 15.5. The highest BCUT2D eigenvalue weighted by Crippen LogP contribution is 2.47. The predicted molar refractivity (Wildman–Crippen MR) is 99.3 cm³/mol. The third-order valence-corrected chi connectivity index (χ3v) is 9.38. The van der Waals surface area contributed by atoms with Crippen molar-refractivity contribution in [1.82, 2.24) is 4.57 Å². The number of hydrogen-bond donors (Lipinski definition) is 0. The highest BCUT2D eigenvalue weighted by molar-refractivity contribution is 6.76. The fourth-order valence-corrected chi connectivity index (χ4v) is 5.12. The Kier molecular flexibility index (Phi) is 4.42. The van der Waals surface area contributed by atoms with E-state index in [9.17, 15) is 0 Å². The fourth-order valence-electron chi connectivity index (χ4n) is 3.56. The fraction of sp³-hybridized carbons (Fsp3) is 0.500. The minimum absolute atomic E-state index is 0.849. The van der Waals surface area contributed by atoms with E-state index in [2.05, 4.69) is 74.2 Å². The van der Waals surface area contributed by atoms with E-state index in [1.54, 1.807) is 11.1 Å². The van der Waals surface area contributed by atoms with Crippen LogP contribution in [-0.4, -0.2) is 26.9 Å². The number of hydrogen-bond acceptors (Lipinski definition) is 1. The van der Waals surface area contributed by atoms with Crippen LogP contribution in [-0.2, 0) is 0 Å². The Balaban J connectivity index is 1.91. The second-order valence-electron chi connectivity index (χ2n) is 7.89. The minimum Gasteiger partial charge on any atom is -0.329 e. The number of rotatable bonds is 5. The normalized spacial score (nSPS) is 25.0. The quantitative estimate of drug-likeness (QED) is 0.676. The molecular weight excluding hydrogens is 282 g/mol. The molecule has 3 aliphatic carbocycles. The van der Waals surface area contributed by atoms with E-state index >= 15 is 0 Å². The van der Waals surface area contributed by atoms with Gasteiger partial charge in [0.1, 0.15) is 8.24 Å². The van der Waals surface area contributed by atoms with Gasteiger partial charge in [-0.15, -0.1) is 0 Å². The van der Waals surface area contributed by atoms with E-state index in [0.717, 1.165) is 11.8 Å². The zero-order chi connectivity index (χ0) is 15.7. The van der Waals surface area contributed by atoms with Gasteiger partial charge in [-0.05, 0) is 67.9 Å². The van der Waals surface area contributed by atoms with Gasteiger partial charge in [-0.1, -0.05) is 55.6 Å². The van der Waals surface area contributed by atoms with Gasteiger partial charge in [-0.2, -0.15) is 0 Å². The van der Waals surface area contributed by atoms with E-state index in [1.165, 1.54) is 30.9 Å². The van der Waals surface area contributed by atoms with Crippen LogP contribution in [0.15, 0.2) is 48.1 Å². The van der Waals surface area contributed by atoms with Gasteiger partial charge in [0.15, 0.2) is 0 Å². The summed E-state index contributed by atoms with van der Waals surface area (Å²) in [6.07, 6.45) is 9.21. The molecule has 3 aliphatic rings. The molecule has 2 heteroatoms. The van der Waals surface area contributed by atoms with Gasteiger partial charge in [0.05, 0.1) is 0 Å². The molecule has 0 aliphatic heterocycles. The summed E-state index contributed by atoms with van der Waals surface area (Å²) in [5.41, 5.74) is 4.57. The summed E-state index contributed by atoms with van der Waals surface area (Å²) in [4.78, 5) is 0. The third kappa shape index (κ3) is 3.28. The van der Waals surface area contributed by atoms with Crippen molar-refractivity contribution < 1.29 is 0 Å². The van der Waals surface area contributed by atoms with Crippen LogP contribution in [0.1, 0.15) is 24.8 Å². The Morgan fingerprint density at radius 3 is 2.41 bits per heavy atom. The molecular formula is C20H29NSi. The first-order valence-electron chi connectivity index (χ1n) is 8.59. The van der Waals surface area contributed by atoms with E-state index in [1.807, 2.05) is 0 Å². The lowest BCUT2D eigenvalue weighted by molar-refractivity contribution is 0.214. The van der Waals surface area contributed by atoms with Gasteiger partial charge >= 0.3 is 0 Å². The summed E-state index contributed by atoms with van der Waals surface area (Å²) >= 11 is 0. The summed E-state index contributed by atoms with van der Waals surface area (Å²) in [7, 11) is 3.10. The van der Waals surface area contributed by atoms with Crippen LogP contribution in [0.2, 0.25) is 19.1 Å². The van der Waals surface area contributed by atoms with Gasteiger partial charge in [-0.3, -0.25) is 0 Å². The lowest BCUT2D eigenvalue weighted by atomic mass is 9.65. The summed E-state index contributed by atoms with van der Waals surface area (Å²) in [5, 5.41) is 0. The van der Waals surface area contributed by atoms with Gasteiger partial charge in [0, 0.05) is 0 Å². The summed E-state index contributed by atoms with van der Waals surface area (Å²) in [6.45, 7) is 4.94. The number of benzene rings is 1.